The number of nitrogens with zero attached hydrogens (tertiary/aromatic N) is 3. The fraction of sp³-hybridized carbons (Fsp3) is 0.519. The van der Waals surface area contributed by atoms with Gasteiger partial charge in [-0.1, -0.05) is 13.3 Å². The molecule has 1 N–H and O–H groups in total. The molecule has 36 heavy (non-hydrogen) atoms. The Kier molecular flexibility index (Phi) is 12.5. The van der Waals surface area contributed by atoms with Crippen LogP contribution in [-0.2, 0) is 27.9 Å². The number of benzene rings is 1. The molecule has 0 bridgehead atoms. The zero-order chi connectivity index (χ0) is 26.3. The van der Waals surface area contributed by atoms with Gasteiger partial charge < -0.3 is 29.2 Å². The Balaban J connectivity index is 2.10. The molecular formula is C27H40N4O5. The molecule has 2 rings (SSSR count). The minimum atomic E-state index is -0.413. The third-order valence-electron chi connectivity index (χ3n) is 5.72. The number of carbonyl (C=O) groups excluding carboxylic acids is 3. The molecule has 3 amide bonds. The Hall–Kier alpha value is -3.33. The number of ether oxygens (including phenoxy) is 2. The van der Waals surface area contributed by atoms with Crippen LogP contribution in [0.25, 0.3) is 0 Å². The molecule has 1 aromatic carbocycles. The summed E-state index contributed by atoms with van der Waals surface area (Å²) in [6.45, 7) is 8.62. The van der Waals surface area contributed by atoms with Gasteiger partial charge in [0.2, 0.25) is 5.91 Å². The summed E-state index contributed by atoms with van der Waals surface area (Å²) in [6, 6.07) is 10.1. The summed E-state index contributed by atoms with van der Waals surface area (Å²) in [4.78, 5) is 41.7. The van der Waals surface area contributed by atoms with Crippen molar-refractivity contribution in [1.29, 1.82) is 0 Å². The van der Waals surface area contributed by atoms with Crippen LogP contribution in [0.4, 0.5) is 10.5 Å². The zero-order valence-corrected chi connectivity index (χ0v) is 22.0. The minimum Gasteiger partial charge on any atom is -0.462 e. The van der Waals surface area contributed by atoms with E-state index in [1.54, 1.807) is 31.2 Å². The van der Waals surface area contributed by atoms with E-state index in [1.165, 1.54) is 4.90 Å². The lowest BCUT2D eigenvalue weighted by Gasteiger charge is -2.28. The van der Waals surface area contributed by atoms with Crippen molar-refractivity contribution in [3.8, 4) is 0 Å². The predicted molar refractivity (Wildman–Crippen MR) is 140 cm³/mol. The zero-order valence-electron chi connectivity index (χ0n) is 22.0. The van der Waals surface area contributed by atoms with Gasteiger partial charge in [0.05, 0.1) is 18.7 Å². The van der Waals surface area contributed by atoms with Gasteiger partial charge in [-0.25, -0.2) is 9.59 Å². The van der Waals surface area contributed by atoms with Gasteiger partial charge in [0.15, 0.2) is 0 Å². The van der Waals surface area contributed by atoms with Gasteiger partial charge >= 0.3 is 12.0 Å². The van der Waals surface area contributed by atoms with Crippen molar-refractivity contribution in [2.75, 3.05) is 44.8 Å². The van der Waals surface area contributed by atoms with E-state index in [1.807, 2.05) is 41.8 Å². The summed E-state index contributed by atoms with van der Waals surface area (Å²) in [5.74, 6) is -0.516. The van der Waals surface area contributed by atoms with Crippen molar-refractivity contribution in [2.45, 2.75) is 46.6 Å². The Morgan fingerprint density at radius 3 is 2.28 bits per heavy atom. The molecule has 2 aromatic rings. The molecule has 9 heteroatoms. The third kappa shape index (κ3) is 9.37. The highest BCUT2D eigenvalue weighted by molar-refractivity contribution is 5.94. The number of rotatable bonds is 15. The molecule has 0 aliphatic rings. The molecule has 1 heterocycles. The molecule has 0 atom stereocenters. The smallest absolute Gasteiger partial charge is 0.338 e. The van der Waals surface area contributed by atoms with Gasteiger partial charge in [-0.2, -0.15) is 0 Å². The van der Waals surface area contributed by atoms with Crippen molar-refractivity contribution in [3.63, 3.8) is 0 Å². The van der Waals surface area contributed by atoms with Gasteiger partial charge in [-0.05, 0) is 63.1 Å². The van der Waals surface area contributed by atoms with E-state index in [-0.39, 0.29) is 18.5 Å². The predicted octanol–water partition coefficient (Wildman–Crippen LogP) is 4.29. The van der Waals surface area contributed by atoms with E-state index < -0.39 is 5.97 Å². The second-order valence-corrected chi connectivity index (χ2v) is 8.48. The highest BCUT2D eigenvalue weighted by Gasteiger charge is 2.22. The van der Waals surface area contributed by atoms with E-state index in [2.05, 4.69) is 12.2 Å². The van der Waals surface area contributed by atoms with Crippen LogP contribution in [0.5, 0.6) is 0 Å². The molecule has 0 aliphatic carbocycles. The highest BCUT2D eigenvalue weighted by atomic mass is 16.5. The normalized spacial score (nSPS) is 10.7. The molecule has 198 valence electrons. The Morgan fingerprint density at radius 1 is 0.944 bits per heavy atom. The molecule has 0 saturated heterocycles. The number of hydrogen-bond acceptors (Lipinski definition) is 5. The van der Waals surface area contributed by atoms with Crippen LogP contribution in [-0.4, -0.2) is 71.7 Å². The van der Waals surface area contributed by atoms with Crippen LogP contribution in [0.15, 0.2) is 42.6 Å². The van der Waals surface area contributed by atoms with Crippen LogP contribution >= 0.6 is 0 Å². The first kappa shape index (κ1) is 28.9. The van der Waals surface area contributed by atoms with Crippen LogP contribution in [0.1, 0.15) is 56.1 Å². The Labute approximate surface area is 214 Å². The monoisotopic (exact) mass is 500 g/mol. The van der Waals surface area contributed by atoms with Crippen LogP contribution in [0, 0.1) is 0 Å². The number of esters is 1. The number of urea groups is 1. The summed E-state index contributed by atoms with van der Waals surface area (Å²) >= 11 is 0. The van der Waals surface area contributed by atoms with E-state index in [4.69, 9.17) is 9.47 Å². The third-order valence-corrected chi connectivity index (χ3v) is 5.72. The van der Waals surface area contributed by atoms with Gasteiger partial charge in [0.25, 0.3) is 0 Å². The molecule has 0 radical (unpaired) electrons. The molecule has 0 aliphatic heterocycles. The average molecular weight is 501 g/mol. The van der Waals surface area contributed by atoms with Crippen LogP contribution < -0.4 is 5.32 Å². The second-order valence-electron chi connectivity index (χ2n) is 8.48. The van der Waals surface area contributed by atoms with Gasteiger partial charge in [0.1, 0.15) is 6.54 Å². The SMILES string of the molecule is CCCCN(Cc1cccn1C)C(=O)CN(CCCOCC)C(=O)Nc1ccc(C(=O)OCC)cc1. The van der Waals surface area contributed by atoms with E-state index in [0.717, 1.165) is 18.5 Å². The Morgan fingerprint density at radius 2 is 1.67 bits per heavy atom. The van der Waals surface area contributed by atoms with E-state index in [9.17, 15) is 14.4 Å². The molecule has 0 spiro atoms. The lowest BCUT2D eigenvalue weighted by Crippen LogP contribution is -2.45. The van der Waals surface area contributed by atoms with Crippen molar-refractivity contribution in [1.82, 2.24) is 14.4 Å². The number of aryl methyl sites for hydroxylation is 1. The van der Waals surface area contributed by atoms with Crippen LogP contribution in [0.3, 0.4) is 0 Å². The second kappa shape index (κ2) is 15.6. The number of amides is 3. The number of hydrogen-bond donors (Lipinski definition) is 1. The molecule has 0 fully saturated rings. The summed E-state index contributed by atoms with van der Waals surface area (Å²) < 4.78 is 12.4. The van der Waals surface area contributed by atoms with Crippen molar-refractivity contribution >= 4 is 23.6 Å². The summed E-state index contributed by atoms with van der Waals surface area (Å²) in [6.07, 6.45) is 4.43. The Bertz CT molecular complexity index is 957. The number of unbranched alkanes of at least 4 members (excludes halogenated alkanes) is 1. The van der Waals surface area contributed by atoms with E-state index in [0.29, 0.717) is 57.1 Å². The summed E-state index contributed by atoms with van der Waals surface area (Å²) in [7, 11) is 1.96. The topological polar surface area (TPSA) is 93.1 Å². The van der Waals surface area contributed by atoms with Crippen molar-refractivity contribution in [3.05, 3.63) is 53.9 Å². The van der Waals surface area contributed by atoms with Crippen molar-refractivity contribution < 1.29 is 23.9 Å². The minimum absolute atomic E-state index is 0.0347. The fourth-order valence-corrected chi connectivity index (χ4v) is 3.62. The molecule has 0 saturated carbocycles. The maximum atomic E-state index is 13.3. The van der Waals surface area contributed by atoms with Gasteiger partial charge in [0, 0.05) is 50.9 Å². The first-order valence-corrected chi connectivity index (χ1v) is 12.7. The average Bonchev–Trinajstić information content (AvgIpc) is 3.28. The maximum Gasteiger partial charge on any atom is 0.338 e. The number of carbonyl (C=O) groups is 3. The largest absolute Gasteiger partial charge is 0.462 e. The van der Waals surface area contributed by atoms with Crippen LogP contribution in [0.2, 0.25) is 0 Å². The number of aromatic nitrogens is 1. The molecule has 9 nitrogen and oxygen atoms in total. The lowest BCUT2D eigenvalue weighted by molar-refractivity contribution is -0.132. The summed E-state index contributed by atoms with van der Waals surface area (Å²) in [5.41, 5.74) is 1.97. The van der Waals surface area contributed by atoms with Gasteiger partial charge in [-0.15, -0.1) is 0 Å². The first-order chi connectivity index (χ1) is 17.4. The maximum absolute atomic E-state index is 13.3. The number of anilines is 1. The summed E-state index contributed by atoms with van der Waals surface area (Å²) in [5, 5.41) is 2.84. The first-order valence-electron chi connectivity index (χ1n) is 12.7. The number of nitrogens with one attached hydrogen (secondary N) is 1. The quantitative estimate of drug-likeness (QED) is 0.291. The van der Waals surface area contributed by atoms with Gasteiger partial charge in [-0.3, -0.25) is 4.79 Å². The highest BCUT2D eigenvalue weighted by Crippen LogP contribution is 2.13. The lowest BCUT2D eigenvalue weighted by atomic mass is 10.2. The van der Waals surface area contributed by atoms with Crippen molar-refractivity contribution in [2.24, 2.45) is 7.05 Å². The standard InChI is InChI=1S/C27H40N4O5/c1-5-8-17-30(20-24-11-9-16-29(24)4)25(32)21-31(18-10-19-35-6-2)27(34)28-23-14-12-22(13-15-23)26(33)36-7-3/h9,11-16H,5-8,10,17-21H2,1-4H3,(H,28,34). The molecular weight excluding hydrogens is 460 g/mol. The molecule has 1 aromatic heterocycles. The fourth-order valence-electron chi connectivity index (χ4n) is 3.62. The van der Waals surface area contributed by atoms with E-state index >= 15 is 0 Å². The molecule has 0 unspecified atom stereocenters.